The smallest absolute Gasteiger partial charge is 0.266 e. The normalized spacial score (nSPS) is 15.2. The van der Waals surface area contributed by atoms with Crippen molar-refractivity contribution in [1.82, 2.24) is 0 Å². The molecule has 1 N–H and O–H groups in total. The van der Waals surface area contributed by atoms with E-state index >= 15 is 0 Å². The number of carbonyl (C=O) groups is 1. The lowest BCUT2D eigenvalue weighted by atomic mass is 9.88. The van der Waals surface area contributed by atoms with Crippen molar-refractivity contribution in [2.75, 3.05) is 17.3 Å². The van der Waals surface area contributed by atoms with Gasteiger partial charge in [-0.05, 0) is 74.7 Å². The minimum Gasteiger partial charge on any atom is -0.365 e. The van der Waals surface area contributed by atoms with Crippen LogP contribution in [0.5, 0.6) is 0 Å². The van der Waals surface area contributed by atoms with Gasteiger partial charge in [-0.25, -0.2) is 0 Å². The highest BCUT2D eigenvalue weighted by atomic mass is 35.5. The molecule has 0 spiro atoms. The lowest BCUT2D eigenvalue weighted by Crippen LogP contribution is -2.42. The Bertz CT molecular complexity index is 1140. The molecule has 0 unspecified atom stereocenters. The molecule has 154 valence electrons. The molecular weight excluding hydrogens is 417 g/mol. The largest absolute Gasteiger partial charge is 0.365 e. The first kappa shape index (κ1) is 22.0. The summed E-state index contributed by atoms with van der Waals surface area (Å²) in [5.41, 5.74) is 5.02. The molecule has 0 aliphatic carbocycles. The molecule has 1 amide bonds. The topological polar surface area (TPSA) is 56.1 Å². The number of amides is 1. The fourth-order valence-electron chi connectivity index (χ4n) is 3.52. The fraction of sp³-hybridized carbons (Fsp3) is 0.250. The van der Waals surface area contributed by atoms with Crippen molar-refractivity contribution in [3.63, 3.8) is 0 Å². The van der Waals surface area contributed by atoms with E-state index in [9.17, 15) is 10.1 Å². The van der Waals surface area contributed by atoms with E-state index in [-0.39, 0.29) is 11.1 Å². The molecule has 1 aliphatic rings. The summed E-state index contributed by atoms with van der Waals surface area (Å²) in [4.78, 5) is 14.9. The van der Waals surface area contributed by atoms with Crippen molar-refractivity contribution in [3.05, 3.63) is 68.7 Å². The number of benzene rings is 2. The maximum absolute atomic E-state index is 12.7. The summed E-state index contributed by atoms with van der Waals surface area (Å²) in [5.74, 6) is -0.512. The van der Waals surface area contributed by atoms with E-state index in [2.05, 4.69) is 37.1 Å². The van der Waals surface area contributed by atoms with Gasteiger partial charge in [-0.15, -0.1) is 0 Å². The predicted molar refractivity (Wildman–Crippen MR) is 126 cm³/mol. The summed E-state index contributed by atoms with van der Waals surface area (Å²) in [7, 11) is 2.02. The third kappa shape index (κ3) is 4.23. The molecule has 30 heavy (non-hydrogen) atoms. The molecule has 0 fully saturated rings. The maximum Gasteiger partial charge on any atom is 0.266 e. The van der Waals surface area contributed by atoms with Crippen LogP contribution < -0.4 is 10.2 Å². The van der Waals surface area contributed by atoms with Gasteiger partial charge in [0.05, 0.1) is 5.54 Å². The summed E-state index contributed by atoms with van der Waals surface area (Å²) in [6, 6.07) is 11.0. The van der Waals surface area contributed by atoms with Crippen LogP contribution in [0, 0.1) is 18.3 Å². The SMILES string of the molecule is CC1=CC(C)(C)N(C)c2cc(Cl)c(/C=C(/C#N)C(=O)Nc3cc(Cl)ccc3C)cc21. The summed E-state index contributed by atoms with van der Waals surface area (Å²) in [5, 5.41) is 13.3. The number of fused-ring (bicyclic) bond motifs is 1. The Labute approximate surface area is 187 Å². The number of allylic oxidation sites excluding steroid dienone is 1. The van der Waals surface area contributed by atoms with Crippen LogP contribution in [0.25, 0.3) is 11.6 Å². The molecule has 0 bridgehead atoms. The van der Waals surface area contributed by atoms with E-state index in [0.29, 0.717) is 21.3 Å². The highest BCUT2D eigenvalue weighted by Crippen LogP contribution is 2.40. The molecule has 0 radical (unpaired) electrons. The van der Waals surface area contributed by atoms with E-state index < -0.39 is 5.91 Å². The number of halogens is 2. The fourth-order valence-corrected chi connectivity index (χ4v) is 3.91. The number of hydrogen-bond donors (Lipinski definition) is 1. The Morgan fingerprint density at radius 1 is 1.20 bits per heavy atom. The van der Waals surface area contributed by atoms with Crippen molar-refractivity contribution in [2.45, 2.75) is 33.2 Å². The second-order valence-corrected chi connectivity index (χ2v) is 8.86. The quantitative estimate of drug-likeness (QED) is 0.439. The molecular formula is C24H23Cl2N3O. The predicted octanol–water partition coefficient (Wildman–Crippen LogP) is 6.48. The maximum atomic E-state index is 12.7. The summed E-state index contributed by atoms with van der Waals surface area (Å²) in [6.45, 7) is 8.18. The number of nitriles is 1. The number of carbonyl (C=O) groups excluding carboxylic acids is 1. The van der Waals surface area contributed by atoms with E-state index in [0.717, 1.165) is 22.4 Å². The Morgan fingerprint density at radius 3 is 2.57 bits per heavy atom. The highest BCUT2D eigenvalue weighted by molar-refractivity contribution is 6.33. The summed E-state index contributed by atoms with van der Waals surface area (Å²) < 4.78 is 0. The van der Waals surface area contributed by atoms with E-state index in [1.54, 1.807) is 18.2 Å². The standard InChI is InChI=1S/C24H23Cl2N3O/c1-14-6-7-18(25)10-21(14)28-23(30)17(13-27)8-16-9-19-15(2)12-24(3,4)29(5)22(19)11-20(16)26/h6-12H,1-5H3,(H,28,30)/b17-8-. The first-order valence-corrected chi connectivity index (χ1v) is 10.3. The molecule has 2 aromatic rings. The molecule has 0 saturated heterocycles. The minimum absolute atomic E-state index is 0.0395. The lowest BCUT2D eigenvalue weighted by molar-refractivity contribution is -0.112. The summed E-state index contributed by atoms with van der Waals surface area (Å²) in [6.07, 6.45) is 3.71. The zero-order valence-electron chi connectivity index (χ0n) is 17.6. The highest BCUT2D eigenvalue weighted by Gasteiger charge is 2.29. The van der Waals surface area contributed by atoms with Crippen molar-refractivity contribution in [1.29, 1.82) is 5.26 Å². The third-order valence-corrected chi connectivity index (χ3v) is 6.01. The van der Waals surface area contributed by atoms with Gasteiger partial charge in [-0.2, -0.15) is 5.26 Å². The van der Waals surface area contributed by atoms with E-state index in [1.807, 2.05) is 32.2 Å². The lowest BCUT2D eigenvalue weighted by Gasteiger charge is -2.40. The van der Waals surface area contributed by atoms with Gasteiger partial charge in [0, 0.05) is 34.0 Å². The van der Waals surface area contributed by atoms with Gasteiger partial charge in [0.1, 0.15) is 11.6 Å². The van der Waals surface area contributed by atoms with E-state index in [4.69, 9.17) is 23.2 Å². The first-order chi connectivity index (χ1) is 14.0. The zero-order chi connectivity index (χ0) is 22.2. The zero-order valence-corrected chi connectivity index (χ0v) is 19.1. The van der Waals surface area contributed by atoms with Crippen molar-refractivity contribution in [2.24, 2.45) is 0 Å². The molecule has 1 aliphatic heterocycles. The molecule has 0 saturated carbocycles. The Hall–Kier alpha value is -2.74. The van der Waals surface area contributed by atoms with Gasteiger partial charge < -0.3 is 10.2 Å². The van der Waals surface area contributed by atoms with Gasteiger partial charge in [0.15, 0.2) is 0 Å². The Balaban J connectivity index is 1.99. The molecule has 1 heterocycles. The van der Waals surface area contributed by atoms with Crippen LogP contribution in [0.4, 0.5) is 11.4 Å². The number of anilines is 2. The van der Waals surface area contributed by atoms with E-state index in [1.165, 1.54) is 6.08 Å². The molecule has 4 nitrogen and oxygen atoms in total. The van der Waals surface area contributed by atoms with Crippen LogP contribution in [0.15, 0.2) is 42.0 Å². The molecule has 2 aromatic carbocycles. The summed E-state index contributed by atoms with van der Waals surface area (Å²) >= 11 is 12.5. The molecule has 6 heteroatoms. The number of rotatable bonds is 3. The van der Waals surface area contributed by atoms with Crippen LogP contribution in [0.2, 0.25) is 10.0 Å². The Kier molecular flexibility index (Phi) is 5.99. The number of likely N-dealkylation sites (N-methyl/N-ethyl adjacent to an activating group) is 1. The monoisotopic (exact) mass is 439 g/mol. The van der Waals surface area contributed by atoms with Crippen LogP contribution in [0.3, 0.4) is 0 Å². The number of aryl methyl sites for hydroxylation is 1. The van der Waals surface area contributed by atoms with Gasteiger partial charge in [-0.1, -0.05) is 35.3 Å². The number of nitrogens with zero attached hydrogens (tertiary/aromatic N) is 2. The van der Waals surface area contributed by atoms with Crippen molar-refractivity contribution < 1.29 is 4.79 Å². The molecule has 0 atom stereocenters. The second-order valence-electron chi connectivity index (χ2n) is 8.01. The average Bonchev–Trinajstić information content (AvgIpc) is 2.67. The minimum atomic E-state index is -0.512. The Morgan fingerprint density at radius 2 is 1.90 bits per heavy atom. The van der Waals surface area contributed by atoms with Gasteiger partial charge in [0.2, 0.25) is 0 Å². The van der Waals surface area contributed by atoms with Crippen LogP contribution in [0.1, 0.15) is 37.5 Å². The number of hydrogen-bond acceptors (Lipinski definition) is 3. The van der Waals surface area contributed by atoms with Gasteiger partial charge >= 0.3 is 0 Å². The average molecular weight is 440 g/mol. The number of nitrogens with one attached hydrogen (secondary N) is 1. The second kappa shape index (κ2) is 8.18. The van der Waals surface area contributed by atoms with Gasteiger partial charge in [0.25, 0.3) is 5.91 Å². The van der Waals surface area contributed by atoms with Gasteiger partial charge in [-0.3, -0.25) is 4.79 Å². The molecule has 3 rings (SSSR count). The van der Waals surface area contributed by atoms with Crippen LogP contribution in [-0.4, -0.2) is 18.5 Å². The van der Waals surface area contributed by atoms with Crippen LogP contribution in [-0.2, 0) is 4.79 Å². The van der Waals surface area contributed by atoms with Crippen LogP contribution >= 0.6 is 23.2 Å². The van der Waals surface area contributed by atoms with Crippen molar-refractivity contribution in [3.8, 4) is 6.07 Å². The first-order valence-electron chi connectivity index (χ1n) is 9.50. The molecule has 0 aromatic heterocycles. The third-order valence-electron chi connectivity index (χ3n) is 5.45. The van der Waals surface area contributed by atoms with Crippen molar-refractivity contribution >= 4 is 52.1 Å².